The Morgan fingerprint density at radius 3 is 3.00 bits per heavy atom. The van der Waals surface area contributed by atoms with Crippen molar-refractivity contribution in [2.45, 2.75) is 12.6 Å². The molecule has 86 valence electrons. The van der Waals surface area contributed by atoms with Crippen LogP contribution in [0.25, 0.3) is 0 Å². The van der Waals surface area contributed by atoms with Gasteiger partial charge in [0.1, 0.15) is 11.8 Å². The van der Waals surface area contributed by atoms with Crippen LogP contribution in [0.3, 0.4) is 0 Å². The van der Waals surface area contributed by atoms with Gasteiger partial charge in [-0.05, 0) is 12.1 Å². The van der Waals surface area contributed by atoms with E-state index in [2.05, 4.69) is 0 Å². The Balaban J connectivity index is 2.43. The molecule has 1 aromatic carbocycles. The van der Waals surface area contributed by atoms with E-state index in [9.17, 15) is 4.79 Å². The van der Waals surface area contributed by atoms with Gasteiger partial charge in [0.2, 0.25) is 0 Å². The second-order valence-electron chi connectivity index (χ2n) is 3.41. The predicted octanol–water partition coefficient (Wildman–Crippen LogP) is 1.29. The average molecular weight is 244 g/mol. The highest BCUT2D eigenvalue weighted by atomic mass is 35.5. The number of hydrogen-bond donors (Lipinski definition) is 2. The Labute approximate surface area is 96.7 Å². The smallest absolute Gasteiger partial charge is 0.325 e. The first-order valence-corrected chi connectivity index (χ1v) is 4.98. The molecule has 1 aliphatic heterocycles. The summed E-state index contributed by atoms with van der Waals surface area (Å²) < 4.78 is 10.3. The van der Waals surface area contributed by atoms with E-state index < -0.39 is 12.0 Å². The predicted molar refractivity (Wildman–Crippen MR) is 56.3 cm³/mol. The van der Waals surface area contributed by atoms with E-state index in [1.165, 1.54) is 0 Å². The lowest BCUT2D eigenvalue weighted by Crippen LogP contribution is -2.22. The van der Waals surface area contributed by atoms with E-state index in [1.807, 2.05) is 0 Å². The summed E-state index contributed by atoms with van der Waals surface area (Å²) in [6.45, 7) is 0.550. The maximum atomic E-state index is 10.8. The summed E-state index contributed by atoms with van der Waals surface area (Å²) in [6.07, 6.45) is 0. The van der Waals surface area contributed by atoms with Gasteiger partial charge in [-0.3, -0.25) is 4.79 Å². The van der Waals surface area contributed by atoms with E-state index in [0.29, 0.717) is 22.9 Å². The number of hydrogen-bond acceptors (Lipinski definition) is 4. The number of carbonyl (C=O) groups is 1. The minimum absolute atomic E-state index is 0.149. The fourth-order valence-corrected chi connectivity index (χ4v) is 1.79. The van der Waals surface area contributed by atoms with Gasteiger partial charge in [-0.2, -0.15) is 0 Å². The van der Waals surface area contributed by atoms with E-state index >= 15 is 0 Å². The van der Waals surface area contributed by atoms with Crippen molar-refractivity contribution in [1.29, 1.82) is 0 Å². The van der Waals surface area contributed by atoms with Gasteiger partial charge in [-0.1, -0.05) is 11.6 Å². The standard InChI is InChI=1S/C10H10ClNO4/c11-7-1-5-3-15-4-16-8(5)2-6(7)9(12)10(13)14/h1-2,9H,3-4,12H2,(H,13,14). The molecule has 0 aromatic heterocycles. The molecule has 1 unspecified atom stereocenters. The maximum Gasteiger partial charge on any atom is 0.325 e. The molecule has 0 radical (unpaired) electrons. The van der Waals surface area contributed by atoms with Gasteiger partial charge in [0, 0.05) is 16.1 Å². The molecule has 0 bridgehead atoms. The number of fused-ring (bicyclic) bond motifs is 1. The summed E-state index contributed by atoms with van der Waals surface area (Å²) in [5.74, 6) is -0.559. The van der Waals surface area contributed by atoms with Crippen molar-refractivity contribution >= 4 is 17.6 Å². The van der Waals surface area contributed by atoms with Gasteiger partial charge in [-0.15, -0.1) is 0 Å². The Morgan fingerprint density at radius 2 is 2.31 bits per heavy atom. The molecule has 0 saturated heterocycles. The number of ether oxygens (including phenoxy) is 2. The van der Waals surface area contributed by atoms with Crippen LogP contribution >= 0.6 is 11.6 Å². The molecular weight excluding hydrogens is 234 g/mol. The van der Waals surface area contributed by atoms with Gasteiger partial charge in [0.05, 0.1) is 6.61 Å². The van der Waals surface area contributed by atoms with Crippen LogP contribution in [-0.4, -0.2) is 17.9 Å². The van der Waals surface area contributed by atoms with Crippen molar-refractivity contribution in [1.82, 2.24) is 0 Å². The summed E-state index contributed by atoms with van der Waals surface area (Å²) in [6, 6.07) is 2.02. The van der Waals surface area contributed by atoms with Crippen molar-refractivity contribution in [2.24, 2.45) is 5.73 Å². The molecule has 5 nitrogen and oxygen atoms in total. The third-order valence-corrected chi connectivity index (χ3v) is 2.66. The maximum absolute atomic E-state index is 10.8. The number of carboxylic acid groups (broad SMARTS) is 1. The largest absolute Gasteiger partial charge is 0.480 e. The minimum atomic E-state index is -1.15. The molecule has 0 saturated carbocycles. The quantitative estimate of drug-likeness (QED) is 0.818. The van der Waals surface area contributed by atoms with Crippen LogP contribution in [0.1, 0.15) is 17.2 Å². The van der Waals surface area contributed by atoms with E-state index in [1.54, 1.807) is 12.1 Å². The average Bonchev–Trinajstić information content (AvgIpc) is 2.27. The molecule has 16 heavy (non-hydrogen) atoms. The first-order valence-electron chi connectivity index (χ1n) is 4.61. The molecule has 0 amide bonds. The van der Waals surface area contributed by atoms with Crippen LogP contribution in [0.15, 0.2) is 12.1 Å². The Hall–Kier alpha value is -1.30. The van der Waals surface area contributed by atoms with E-state index in [4.69, 9.17) is 31.9 Å². The second-order valence-corrected chi connectivity index (χ2v) is 3.82. The Kier molecular flexibility index (Phi) is 3.00. The van der Waals surface area contributed by atoms with Crippen molar-refractivity contribution in [3.8, 4) is 5.75 Å². The monoisotopic (exact) mass is 243 g/mol. The van der Waals surface area contributed by atoms with Crippen molar-refractivity contribution < 1.29 is 19.4 Å². The number of carboxylic acids is 1. The van der Waals surface area contributed by atoms with Crippen molar-refractivity contribution in [3.63, 3.8) is 0 Å². The van der Waals surface area contributed by atoms with Gasteiger partial charge in [0.25, 0.3) is 0 Å². The topological polar surface area (TPSA) is 81.8 Å². The SMILES string of the molecule is NC(C(=O)O)c1cc2c(cc1Cl)COCO2. The molecule has 6 heteroatoms. The first-order chi connectivity index (χ1) is 7.59. The van der Waals surface area contributed by atoms with Crippen LogP contribution in [0, 0.1) is 0 Å². The number of aliphatic carboxylic acids is 1. The zero-order chi connectivity index (χ0) is 11.7. The summed E-state index contributed by atoms with van der Waals surface area (Å²) >= 11 is 5.95. The third kappa shape index (κ3) is 1.97. The second kappa shape index (κ2) is 4.29. The summed E-state index contributed by atoms with van der Waals surface area (Å²) in [5.41, 5.74) is 6.63. The molecule has 3 N–H and O–H groups in total. The van der Waals surface area contributed by atoms with Gasteiger partial charge >= 0.3 is 5.97 Å². The summed E-state index contributed by atoms with van der Waals surface area (Å²) in [7, 11) is 0. The molecule has 2 rings (SSSR count). The molecular formula is C10H10ClNO4. The highest BCUT2D eigenvalue weighted by Crippen LogP contribution is 2.32. The lowest BCUT2D eigenvalue weighted by Gasteiger charge is -2.20. The fourth-order valence-electron chi connectivity index (χ4n) is 1.49. The normalized spacial score (nSPS) is 16.1. The molecule has 1 aliphatic rings. The Morgan fingerprint density at radius 1 is 1.56 bits per heavy atom. The zero-order valence-corrected chi connectivity index (χ0v) is 9.03. The van der Waals surface area contributed by atoms with Crippen LogP contribution in [0.4, 0.5) is 0 Å². The molecule has 1 heterocycles. The van der Waals surface area contributed by atoms with Crippen LogP contribution in [0.5, 0.6) is 5.75 Å². The number of benzene rings is 1. The molecule has 1 aromatic rings. The van der Waals surface area contributed by atoms with Gasteiger partial charge in [0.15, 0.2) is 6.79 Å². The number of nitrogens with two attached hydrogens (primary N) is 1. The minimum Gasteiger partial charge on any atom is -0.480 e. The highest BCUT2D eigenvalue weighted by molar-refractivity contribution is 6.31. The number of rotatable bonds is 2. The van der Waals surface area contributed by atoms with Crippen LogP contribution in [-0.2, 0) is 16.1 Å². The number of halogens is 1. The molecule has 1 atom stereocenters. The van der Waals surface area contributed by atoms with Crippen LogP contribution in [0.2, 0.25) is 5.02 Å². The van der Waals surface area contributed by atoms with Crippen LogP contribution < -0.4 is 10.5 Å². The third-order valence-electron chi connectivity index (χ3n) is 2.34. The molecule has 0 spiro atoms. The van der Waals surface area contributed by atoms with E-state index in [-0.39, 0.29) is 6.79 Å². The van der Waals surface area contributed by atoms with Gasteiger partial charge < -0.3 is 20.3 Å². The summed E-state index contributed by atoms with van der Waals surface area (Å²) in [4.78, 5) is 10.8. The van der Waals surface area contributed by atoms with Gasteiger partial charge in [-0.25, -0.2) is 0 Å². The zero-order valence-electron chi connectivity index (χ0n) is 8.27. The van der Waals surface area contributed by atoms with Crippen molar-refractivity contribution in [3.05, 3.63) is 28.3 Å². The molecule has 0 fully saturated rings. The van der Waals surface area contributed by atoms with Crippen molar-refractivity contribution in [2.75, 3.05) is 6.79 Å². The first kappa shape index (κ1) is 11.2. The highest BCUT2D eigenvalue weighted by Gasteiger charge is 2.21. The lowest BCUT2D eigenvalue weighted by molar-refractivity contribution is -0.138. The van der Waals surface area contributed by atoms with E-state index in [0.717, 1.165) is 5.56 Å². The molecule has 0 aliphatic carbocycles. The summed E-state index contributed by atoms with van der Waals surface area (Å²) in [5, 5.41) is 9.12. The Bertz CT molecular complexity index is 435. The lowest BCUT2D eigenvalue weighted by atomic mass is 10.0. The fraction of sp³-hybridized carbons (Fsp3) is 0.300.